The number of hydrogen-bond acceptors (Lipinski definition) is 5. The summed E-state index contributed by atoms with van der Waals surface area (Å²) in [6, 6.07) is 13.9. The van der Waals surface area contributed by atoms with Crippen LogP contribution in [0.5, 0.6) is 5.75 Å². The smallest absolute Gasteiger partial charge is 0.344 e. The van der Waals surface area contributed by atoms with Gasteiger partial charge in [-0.25, -0.2) is 4.79 Å². The molecule has 1 unspecified atom stereocenters. The lowest BCUT2D eigenvalue weighted by Crippen LogP contribution is -2.32. The number of Topliss-reactive ketones (excluding diaryl/α,β-unsaturated/α-hetero) is 1. The Morgan fingerprint density at radius 1 is 1.08 bits per heavy atom. The van der Waals surface area contributed by atoms with Crippen LogP contribution in [-0.2, 0) is 14.3 Å². The highest BCUT2D eigenvalue weighted by atomic mass is 16.6. The lowest BCUT2D eigenvalue weighted by Gasteiger charge is -2.15. The van der Waals surface area contributed by atoms with E-state index in [1.54, 1.807) is 36.4 Å². The van der Waals surface area contributed by atoms with Crippen LogP contribution in [0.15, 0.2) is 48.5 Å². The van der Waals surface area contributed by atoms with Crippen molar-refractivity contribution >= 4 is 23.3 Å². The fraction of sp³-hybridized carbons (Fsp3) is 0.250. The monoisotopic (exact) mass is 355 g/mol. The Morgan fingerprint density at radius 2 is 1.81 bits per heavy atom. The molecule has 6 heteroatoms. The molecule has 0 saturated carbocycles. The SMILES string of the molecule is CC(=O)c1ccccc1NC(=O)C(C)OC(=O)COc1cccc(C)c1. The maximum atomic E-state index is 12.2. The minimum Gasteiger partial charge on any atom is -0.482 e. The highest BCUT2D eigenvalue weighted by molar-refractivity contribution is 6.04. The zero-order chi connectivity index (χ0) is 19.1. The number of para-hydroxylation sites is 1. The zero-order valence-electron chi connectivity index (χ0n) is 14.9. The molecule has 0 aromatic heterocycles. The molecule has 0 radical (unpaired) electrons. The van der Waals surface area contributed by atoms with Crippen LogP contribution in [-0.4, -0.2) is 30.4 Å². The predicted octanol–water partition coefficient (Wildman–Crippen LogP) is 3.15. The number of esters is 1. The van der Waals surface area contributed by atoms with E-state index in [4.69, 9.17) is 9.47 Å². The summed E-state index contributed by atoms with van der Waals surface area (Å²) in [4.78, 5) is 35.6. The number of anilines is 1. The van der Waals surface area contributed by atoms with Crippen molar-refractivity contribution in [2.45, 2.75) is 26.9 Å². The van der Waals surface area contributed by atoms with Gasteiger partial charge in [-0.2, -0.15) is 0 Å². The summed E-state index contributed by atoms with van der Waals surface area (Å²) in [6.45, 7) is 4.48. The maximum absolute atomic E-state index is 12.2. The predicted molar refractivity (Wildman–Crippen MR) is 97.3 cm³/mol. The van der Waals surface area contributed by atoms with Crippen LogP contribution >= 0.6 is 0 Å². The van der Waals surface area contributed by atoms with Gasteiger partial charge in [-0.05, 0) is 50.6 Å². The number of rotatable bonds is 7. The average Bonchev–Trinajstić information content (AvgIpc) is 2.60. The fourth-order valence-electron chi connectivity index (χ4n) is 2.27. The van der Waals surface area contributed by atoms with Crippen molar-refractivity contribution in [1.82, 2.24) is 0 Å². The molecule has 1 N–H and O–H groups in total. The van der Waals surface area contributed by atoms with Crippen LogP contribution in [0.2, 0.25) is 0 Å². The van der Waals surface area contributed by atoms with Crippen LogP contribution in [0.1, 0.15) is 29.8 Å². The molecule has 0 spiro atoms. The molecule has 1 amide bonds. The van der Waals surface area contributed by atoms with Crippen molar-refractivity contribution in [2.75, 3.05) is 11.9 Å². The van der Waals surface area contributed by atoms with Crippen LogP contribution in [0.25, 0.3) is 0 Å². The number of aryl methyl sites for hydroxylation is 1. The molecule has 0 fully saturated rings. The fourth-order valence-corrected chi connectivity index (χ4v) is 2.27. The molecule has 136 valence electrons. The van der Waals surface area contributed by atoms with Crippen LogP contribution in [0.3, 0.4) is 0 Å². The second-order valence-electron chi connectivity index (χ2n) is 5.83. The quantitative estimate of drug-likeness (QED) is 0.609. The number of benzene rings is 2. The highest BCUT2D eigenvalue weighted by Gasteiger charge is 2.19. The number of ketones is 1. The van der Waals surface area contributed by atoms with E-state index in [9.17, 15) is 14.4 Å². The summed E-state index contributed by atoms with van der Waals surface area (Å²) in [7, 11) is 0. The van der Waals surface area contributed by atoms with E-state index in [-0.39, 0.29) is 12.4 Å². The molecule has 2 rings (SSSR count). The Hall–Kier alpha value is -3.15. The van der Waals surface area contributed by atoms with E-state index < -0.39 is 18.0 Å². The lowest BCUT2D eigenvalue weighted by molar-refractivity contribution is -0.155. The van der Waals surface area contributed by atoms with Crippen LogP contribution in [0.4, 0.5) is 5.69 Å². The largest absolute Gasteiger partial charge is 0.482 e. The van der Waals surface area contributed by atoms with E-state index in [1.807, 2.05) is 19.1 Å². The number of carbonyl (C=O) groups is 3. The molecule has 1 atom stereocenters. The van der Waals surface area contributed by atoms with Crippen molar-refractivity contribution in [3.8, 4) is 5.75 Å². The van der Waals surface area contributed by atoms with Gasteiger partial charge in [0.05, 0.1) is 5.69 Å². The second-order valence-corrected chi connectivity index (χ2v) is 5.83. The van der Waals surface area contributed by atoms with Gasteiger partial charge in [0.2, 0.25) is 0 Å². The number of ether oxygens (including phenoxy) is 2. The zero-order valence-corrected chi connectivity index (χ0v) is 14.9. The Morgan fingerprint density at radius 3 is 2.50 bits per heavy atom. The third-order valence-corrected chi connectivity index (χ3v) is 3.59. The minimum atomic E-state index is -1.02. The average molecular weight is 355 g/mol. The normalized spacial score (nSPS) is 11.3. The molecule has 2 aromatic rings. The molecular formula is C20H21NO5. The first-order chi connectivity index (χ1) is 12.4. The maximum Gasteiger partial charge on any atom is 0.344 e. The van der Waals surface area contributed by atoms with Gasteiger partial charge in [-0.3, -0.25) is 9.59 Å². The number of amides is 1. The first-order valence-corrected chi connectivity index (χ1v) is 8.16. The molecular weight excluding hydrogens is 334 g/mol. The molecule has 0 aliphatic carbocycles. The second kappa shape index (κ2) is 8.80. The van der Waals surface area contributed by atoms with E-state index >= 15 is 0 Å². The van der Waals surface area contributed by atoms with Crippen LogP contribution < -0.4 is 10.1 Å². The Labute approximate surface area is 152 Å². The van der Waals surface area contributed by atoms with E-state index in [2.05, 4.69) is 5.32 Å². The Kier molecular flexibility index (Phi) is 6.49. The third-order valence-electron chi connectivity index (χ3n) is 3.59. The van der Waals surface area contributed by atoms with Gasteiger partial charge < -0.3 is 14.8 Å². The first kappa shape index (κ1) is 19.2. The molecule has 0 aliphatic rings. The van der Waals surface area contributed by atoms with Gasteiger partial charge in [0.15, 0.2) is 18.5 Å². The van der Waals surface area contributed by atoms with Crippen molar-refractivity contribution in [2.24, 2.45) is 0 Å². The van der Waals surface area contributed by atoms with Crippen molar-refractivity contribution in [3.05, 3.63) is 59.7 Å². The summed E-state index contributed by atoms with van der Waals surface area (Å²) < 4.78 is 10.4. The third kappa shape index (κ3) is 5.44. The van der Waals surface area contributed by atoms with Gasteiger partial charge in [0, 0.05) is 5.56 Å². The van der Waals surface area contributed by atoms with Gasteiger partial charge in [0.25, 0.3) is 5.91 Å². The van der Waals surface area contributed by atoms with Gasteiger partial charge in [-0.15, -0.1) is 0 Å². The van der Waals surface area contributed by atoms with Crippen molar-refractivity contribution in [1.29, 1.82) is 0 Å². The molecule has 26 heavy (non-hydrogen) atoms. The summed E-state index contributed by atoms with van der Waals surface area (Å²) in [6.07, 6.45) is -1.02. The summed E-state index contributed by atoms with van der Waals surface area (Å²) in [5.74, 6) is -0.803. The van der Waals surface area contributed by atoms with Crippen LogP contribution in [0, 0.1) is 6.92 Å². The van der Waals surface area contributed by atoms with E-state index in [0.717, 1.165) is 5.56 Å². The molecule has 0 aliphatic heterocycles. The van der Waals surface area contributed by atoms with E-state index in [0.29, 0.717) is 17.0 Å². The summed E-state index contributed by atoms with van der Waals surface area (Å²) in [5, 5.41) is 2.60. The Balaban J connectivity index is 1.88. The highest BCUT2D eigenvalue weighted by Crippen LogP contribution is 2.16. The van der Waals surface area contributed by atoms with Gasteiger partial charge >= 0.3 is 5.97 Å². The van der Waals surface area contributed by atoms with Gasteiger partial charge in [0.1, 0.15) is 5.75 Å². The number of nitrogens with one attached hydrogen (secondary N) is 1. The first-order valence-electron chi connectivity index (χ1n) is 8.16. The molecule has 0 bridgehead atoms. The lowest BCUT2D eigenvalue weighted by atomic mass is 10.1. The summed E-state index contributed by atoms with van der Waals surface area (Å²) >= 11 is 0. The van der Waals surface area contributed by atoms with Crippen molar-refractivity contribution < 1.29 is 23.9 Å². The minimum absolute atomic E-state index is 0.169. The standard InChI is InChI=1S/C20H21NO5/c1-13-7-6-8-16(11-13)25-12-19(23)26-15(3)20(24)21-18-10-5-4-9-17(18)14(2)22/h4-11,15H,12H2,1-3H3,(H,21,24). The Bertz CT molecular complexity index is 815. The molecule has 2 aromatic carbocycles. The van der Waals surface area contributed by atoms with Crippen molar-refractivity contribution in [3.63, 3.8) is 0 Å². The van der Waals surface area contributed by atoms with Gasteiger partial charge in [-0.1, -0.05) is 24.3 Å². The topological polar surface area (TPSA) is 81.7 Å². The molecule has 0 heterocycles. The molecule has 0 saturated heterocycles. The number of carbonyl (C=O) groups excluding carboxylic acids is 3. The summed E-state index contributed by atoms with van der Waals surface area (Å²) in [5.41, 5.74) is 1.78. The van der Waals surface area contributed by atoms with E-state index in [1.165, 1.54) is 13.8 Å². The molecule has 6 nitrogen and oxygen atoms in total. The number of hydrogen-bond donors (Lipinski definition) is 1.